The molecule has 0 aromatic heterocycles. The molecular weight excluding hydrogens is 270 g/mol. The molecule has 1 aliphatic rings. The summed E-state index contributed by atoms with van der Waals surface area (Å²) in [5.74, 6) is 0.676. The summed E-state index contributed by atoms with van der Waals surface area (Å²) in [6.07, 6.45) is 2.18. The van der Waals surface area contributed by atoms with Gasteiger partial charge in [0.15, 0.2) is 0 Å². The SMILES string of the molecule is CCNC(CCN(C)CC1CC1C)c1cc(F)cc(F)c1. The zero-order chi connectivity index (χ0) is 15.4. The van der Waals surface area contributed by atoms with Crippen molar-refractivity contribution >= 4 is 0 Å². The van der Waals surface area contributed by atoms with Gasteiger partial charge in [0, 0.05) is 18.7 Å². The van der Waals surface area contributed by atoms with Crippen LogP contribution in [0.25, 0.3) is 0 Å². The molecule has 4 heteroatoms. The summed E-state index contributed by atoms with van der Waals surface area (Å²) in [5.41, 5.74) is 0.697. The summed E-state index contributed by atoms with van der Waals surface area (Å²) in [4.78, 5) is 2.33. The number of hydrogen-bond acceptors (Lipinski definition) is 2. The lowest BCUT2D eigenvalue weighted by Gasteiger charge is -2.23. The fraction of sp³-hybridized carbons (Fsp3) is 0.647. The van der Waals surface area contributed by atoms with Crippen LogP contribution < -0.4 is 5.32 Å². The molecule has 1 saturated carbocycles. The summed E-state index contributed by atoms with van der Waals surface area (Å²) in [7, 11) is 2.13. The number of benzene rings is 1. The Morgan fingerprint density at radius 1 is 1.29 bits per heavy atom. The zero-order valence-electron chi connectivity index (χ0n) is 13.2. The highest BCUT2D eigenvalue weighted by molar-refractivity contribution is 5.21. The standard InChI is InChI=1S/C17H26F2N2/c1-4-20-17(13-8-15(18)10-16(19)9-13)5-6-21(3)11-14-7-12(14)2/h8-10,12,14,17,20H,4-7,11H2,1-3H3. The van der Waals surface area contributed by atoms with Crippen molar-refractivity contribution in [3.8, 4) is 0 Å². The highest BCUT2D eigenvalue weighted by Crippen LogP contribution is 2.38. The smallest absolute Gasteiger partial charge is 0.126 e. The van der Waals surface area contributed by atoms with Gasteiger partial charge in [-0.05, 0) is 62.5 Å². The van der Waals surface area contributed by atoms with E-state index in [1.165, 1.54) is 18.6 Å². The highest BCUT2D eigenvalue weighted by Gasteiger charge is 2.33. The summed E-state index contributed by atoms with van der Waals surface area (Å²) in [6.45, 7) is 7.14. The second kappa shape index (κ2) is 7.32. The fourth-order valence-corrected chi connectivity index (χ4v) is 2.90. The van der Waals surface area contributed by atoms with Crippen LogP contribution in [-0.2, 0) is 0 Å². The lowest BCUT2D eigenvalue weighted by molar-refractivity contribution is 0.292. The summed E-state index contributed by atoms with van der Waals surface area (Å²) in [6, 6.07) is 3.78. The van der Waals surface area contributed by atoms with Crippen LogP contribution in [-0.4, -0.2) is 31.6 Å². The average Bonchev–Trinajstić information content (AvgIpc) is 3.08. The molecule has 0 heterocycles. The van der Waals surface area contributed by atoms with E-state index in [1.54, 1.807) is 0 Å². The molecule has 1 fully saturated rings. The van der Waals surface area contributed by atoms with Crippen LogP contribution in [0.5, 0.6) is 0 Å². The average molecular weight is 296 g/mol. The Balaban J connectivity index is 1.91. The van der Waals surface area contributed by atoms with Crippen molar-refractivity contribution in [1.29, 1.82) is 0 Å². The molecule has 3 unspecified atom stereocenters. The van der Waals surface area contributed by atoms with Gasteiger partial charge < -0.3 is 10.2 Å². The molecule has 1 aliphatic carbocycles. The van der Waals surface area contributed by atoms with Gasteiger partial charge in [0.25, 0.3) is 0 Å². The minimum Gasteiger partial charge on any atom is -0.310 e. The van der Waals surface area contributed by atoms with Gasteiger partial charge in [-0.3, -0.25) is 0 Å². The Morgan fingerprint density at radius 2 is 1.90 bits per heavy atom. The van der Waals surface area contributed by atoms with E-state index in [4.69, 9.17) is 0 Å². The van der Waals surface area contributed by atoms with Gasteiger partial charge in [-0.15, -0.1) is 0 Å². The molecule has 2 nitrogen and oxygen atoms in total. The van der Waals surface area contributed by atoms with E-state index in [0.29, 0.717) is 5.56 Å². The molecule has 1 aromatic carbocycles. The minimum atomic E-state index is -0.506. The van der Waals surface area contributed by atoms with Crippen LogP contribution in [0.15, 0.2) is 18.2 Å². The number of halogens is 2. The van der Waals surface area contributed by atoms with Gasteiger partial charge >= 0.3 is 0 Å². The molecule has 21 heavy (non-hydrogen) atoms. The maximum Gasteiger partial charge on any atom is 0.126 e. The quantitative estimate of drug-likeness (QED) is 0.788. The van der Waals surface area contributed by atoms with E-state index in [0.717, 1.165) is 44.0 Å². The van der Waals surface area contributed by atoms with Crippen molar-refractivity contribution in [3.05, 3.63) is 35.4 Å². The monoisotopic (exact) mass is 296 g/mol. The highest BCUT2D eigenvalue weighted by atomic mass is 19.1. The van der Waals surface area contributed by atoms with Gasteiger partial charge in [0.2, 0.25) is 0 Å². The van der Waals surface area contributed by atoms with Crippen LogP contribution in [0, 0.1) is 23.5 Å². The second-order valence-electron chi connectivity index (χ2n) is 6.34. The first-order valence-corrected chi connectivity index (χ1v) is 7.87. The molecule has 3 atom stereocenters. The van der Waals surface area contributed by atoms with E-state index in [2.05, 4.69) is 24.2 Å². The van der Waals surface area contributed by atoms with Crippen LogP contribution in [0.4, 0.5) is 8.78 Å². The van der Waals surface area contributed by atoms with Crippen LogP contribution >= 0.6 is 0 Å². The number of hydrogen-bond donors (Lipinski definition) is 1. The lowest BCUT2D eigenvalue weighted by Crippen LogP contribution is -2.28. The first-order chi connectivity index (χ1) is 9.99. The molecule has 0 radical (unpaired) electrons. The molecular formula is C17H26F2N2. The van der Waals surface area contributed by atoms with Gasteiger partial charge in [-0.2, -0.15) is 0 Å². The first-order valence-electron chi connectivity index (χ1n) is 7.87. The summed E-state index contributed by atoms with van der Waals surface area (Å²) in [5, 5.41) is 3.33. The Labute approximate surface area is 126 Å². The number of nitrogens with zero attached hydrogens (tertiary/aromatic N) is 1. The molecule has 0 saturated heterocycles. The predicted octanol–water partition coefficient (Wildman–Crippen LogP) is 3.59. The fourth-order valence-electron chi connectivity index (χ4n) is 2.90. The van der Waals surface area contributed by atoms with Crippen molar-refractivity contribution in [2.75, 3.05) is 26.7 Å². The van der Waals surface area contributed by atoms with Crippen molar-refractivity contribution in [3.63, 3.8) is 0 Å². The molecule has 0 spiro atoms. The lowest BCUT2D eigenvalue weighted by atomic mass is 10.0. The van der Waals surface area contributed by atoms with Crippen LogP contribution in [0.1, 0.15) is 38.3 Å². The number of nitrogens with one attached hydrogen (secondary N) is 1. The normalized spacial score (nSPS) is 22.6. The van der Waals surface area contributed by atoms with Crippen molar-refractivity contribution < 1.29 is 8.78 Å². The molecule has 0 bridgehead atoms. The molecule has 1 N–H and O–H groups in total. The van der Waals surface area contributed by atoms with Gasteiger partial charge in [-0.1, -0.05) is 13.8 Å². The maximum absolute atomic E-state index is 13.4. The van der Waals surface area contributed by atoms with Gasteiger partial charge in [0.05, 0.1) is 0 Å². The van der Waals surface area contributed by atoms with Gasteiger partial charge in [0.1, 0.15) is 11.6 Å². The van der Waals surface area contributed by atoms with E-state index in [-0.39, 0.29) is 6.04 Å². The van der Waals surface area contributed by atoms with Crippen molar-refractivity contribution in [2.24, 2.45) is 11.8 Å². The van der Waals surface area contributed by atoms with E-state index >= 15 is 0 Å². The Kier molecular flexibility index (Phi) is 5.71. The van der Waals surface area contributed by atoms with Crippen molar-refractivity contribution in [2.45, 2.75) is 32.7 Å². The summed E-state index contributed by atoms with van der Waals surface area (Å²) >= 11 is 0. The number of rotatable bonds is 8. The van der Waals surface area contributed by atoms with Crippen LogP contribution in [0.3, 0.4) is 0 Å². The van der Waals surface area contributed by atoms with E-state index in [9.17, 15) is 8.78 Å². The molecule has 118 valence electrons. The Morgan fingerprint density at radius 3 is 2.43 bits per heavy atom. The molecule has 1 aromatic rings. The largest absolute Gasteiger partial charge is 0.310 e. The predicted molar refractivity (Wildman–Crippen MR) is 82.2 cm³/mol. The molecule has 0 aliphatic heterocycles. The van der Waals surface area contributed by atoms with Gasteiger partial charge in [-0.25, -0.2) is 8.78 Å². The minimum absolute atomic E-state index is 0.000670. The molecule has 2 rings (SSSR count). The first kappa shape index (κ1) is 16.4. The van der Waals surface area contributed by atoms with E-state index in [1.807, 2.05) is 6.92 Å². The topological polar surface area (TPSA) is 15.3 Å². The van der Waals surface area contributed by atoms with Crippen molar-refractivity contribution in [1.82, 2.24) is 10.2 Å². The Hall–Kier alpha value is -1.00. The summed E-state index contributed by atoms with van der Waals surface area (Å²) < 4.78 is 26.7. The zero-order valence-corrected chi connectivity index (χ0v) is 13.2. The van der Waals surface area contributed by atoms with Crippen LogP contribution in [0.2, 0.25) is 0 Å². The Bertz CT molecular complexity index is 444. The third-order valence-electron chi connectivity index (χ3n) is 4.36. The second-order valence-corrected chi connectivity index (χ2v) is 6.34. The maximum atomic E-state index is 13.4. The third kappa shape index (κ3) is 5.04. The third-order valence-corrected chi connectivity index (χ3v) is 4.36. The van der Waals surface area contributed by atoms with E-state index < -0.39 is 11.6 Å². The molecule has 0 amide bonds.